The molecule has 1 fully saturated rings. The summed E-state index contributed by atoms with van der Waals surface area (Å²) in [6.45, 7) is 0.573. The minimum absolute atomic E-state index is 0.115. The van der Waals surface area contributed by atoms with Crippen molar-refractivity contribution in [1.82, 2.24) is 4.90 Å². The van der Waals surface area contributed by atoms with E-state index in [1.165, 1.54) is 4.90 Å². The zero-order chi connectivity index (χ0) is 9.14. The zero-order valence-electron chi connectivity index (χ0n) is 6.47. The molecule has 0 unspecified atom stereocenters. The highest BCUT2D eigenvalue weighted by Crippen LogP contribution is 2.22. The van der Waals surface area contributed by atoms with Crippen molar-refractivity contribution in [3.63, 3.8) is 0 Å². The van der Waals surface area contributed by atoms with E-state index in [2.05, 4.69) is 0 Å². The average molecular weight is 198 g/mol. The Kier molecular flexibility index (Phi) is 3.26. The molecule has 0 aromatic heterocycles. The Morgan fingerprint density at radius 3 is 2.75 bits per heavy atom. The summed E-state index contributed by atoms with van der Waals surface area (Å²) in [5.41, 5.74) is 0. The molecule has 1 amide bonds. The maximum atomic E-state index is 12.1. The molecule has 0 saturated carbocycles. The van der Waals surface area contributed by atoms with Gasteiger partial charge < -0.3 is 4.90 Å². The van der Waals surface area contributed by atoms with Gasteiger partial charge in [0.25, 0.3) is 0 Å². The molecule has 1 heterocycles. The predicted molar refractivity (Wildman–Crippen MR) is 41.4 cm³/mol. The molecule has 0 bridgehead atoms. The van der Waals surface area contributed by atoms with Crippen molar-refractivity contribution in [3.05, 3.63) is 0 Å². The Hall–Kier alpha value is -0.380. The van der Waals surface area contributed by atoms with Crippen LogP contribution in [-0.4, -0.2) is 36.2 Å². The summed E-state index contributed by atoms with van der Waals surface area (Å²) in [6, 6.07) is 0. The van der Waals surface area contributed by atoms with Crippen molar-refractivity contribution in [2.24, 2.45) is 5.92 Å². The van der Waals surface area contributed by atoms with Gasteiger partial charge in [-0.3, -0.25) is 4.79 Å². The number of likely N-dealkylation sites (tertiary alicyclic amines) is 1. The van der Waals surface area contributed by atoms with Crippen molar-refractivity contribution in [2.75, 3.05) is 19.0 Å². The smallest absolute Gasteiger partial charge is 0.243 e. The van der Waals surface area contributed by atoms with Crippen LogP contribution in [0.25, 0.3) is 0 Å². The SMILES string of the molecule is O=C(CCl)N1CC[C@H](C(F)F)C1. The summed E-state index contributed by atoms with van der Waals surface area (Å²) in [6.07, 6.45) is -1.93. The Labute approximate surface area is 74.5 Å². The molecule has 12 heavy (non-hydrogen) atoms. The van der Waals surface area contributed by atoms with Crippen LogP contribution in [-0.2, 0) is 4.79 Å². The van der Waals surface area contributed by atoms with Crippen LogP contribution in [0.3, 0.4) is 0 Å². The number of rotatable bonds is 2. The van der Waals surface area contributed by atoms with Crippen LogP contribution in [0.4, 0.5) is 8.78 Å². The summed E-state index contributed by atoms with van der Waals surface area (Å²) in [5, 5.41) is 0. The number of carbonyl (C=O) groups is 1. The van der Waals surface area contributed by atoms with E-state index in [0.717, 1.165) is 0 Å². The highest BCUT2D eigenvalue weighted by atomic mass is 35.5. The largest absolute Gasteiger partial charge is 0.341 e. The van der Waals surface area contributed by atoms with E-state index in [1.54, 1.807) is 0 Å². The van der Waals surface area contributed by atoms with Crippen LogP contribution in [0.5, 0.6) is 0 Å². The molecular weight excluding hydrogens is 188 g/mol. The summed E-state index contributed by atoms with van der Waals surface area (Å²) >= 11 is 5.28. The maximum Gasteiger partial charge on any atom is 0.243 e. The van der Waals surface area contributed by atoms with Crippen molar-refractivity contribution in [2.45, 2.75) is 12.8 Å². The highest BCUT2D eigenvalue weighted by Gasteiger charge is 2.31. The van der Waals surface area contributed by atoms with Gasteiger partial charge in [0.2, 0.25) is 12.3 Å². The topological polar surface area (TPSA) is 20.3 Å². The van der Waals surface area contributed by atoms with Crippen LogP contribution in [0.1, 0.15) is 6.42 Å². The van der Waals surface area contributed by atoms with Crippen LogP contribution >= 0.6 is 11.6 Å². The lowest BCUT2D eigenvalue weighted by molar-refractivity contribution is -0.127. The van der Waals surface area contributed by atoms with Crippen molar-refractivity contribution in [1.29, 1.82) is 0 Å². The van der Waals surface area contributed by atoms with Crippen molar-refractivity contribution >= 4 is 17.5 Å². The van der Waals surface area contributed by atoms with E-state index in [0.29, 0.717) is 13.0 Å². The predicted octanol–water partition coefficient (Wildman–Crippen LogP) is 1.34. The van der Waals surface area contributed by atoms with Gasteiger partial charge in [0, 0.05) is 19.0 Å². The summed E-state index contributed by atoms with van der Waals surface area (Å²) in [4.78, 5) is 12.3. The van der Waals surface area contributed by atoms with Crippen LogP contribution in [0, 0.1) is 5.92 Å². The lowest BCUT2D eigenvalue weighted by atomic mass is 10.1. The molecular formula is C7H10ClF2NO. The average Bonchev–Trinajstić information content (AvgIpc) is 2.51. The fourth-order valence-electron chi connectivity index (χ4n) is 1.30. The lowest BCUT2D eigenvalue weighted by Gasteiger charge is -2.14. The fourth-order valence-corrected chi connectivity index (χ4v) is 1.47. The number of halogens is 3. The number of hydrogen-bond donors (Lipinski definition) is 0. The molecule has 5 heteroatoms. The summed E-state index contributed by atoms with van der Waals surface area (Å²) in [5.74, 6) is -1.02. The van der Waals surface area contributed by atoms with Gasteiger partial charge in [0.1, 0.15) is 5.88 Å². The van der Waals surface area contributed by atoms with Crippen LogP contribution in [0.15, 0.2) is 0 Å². The molecule has 1 atom stereocenters. The van der Waals surface area contributed by atoms with Crippen LogP contribution in [0.2, 0.25) is 0 Å². The van der Waals surface area contributed by atoms with E-state index >= 15 is 0 Å². The van der Waals surface area contributed by atoms with E-state index in [9.17, 15) is 13.6 Å². The van der Waals surface area contributed by atoms with Gasteiger partial charge in [-0.15, -0.1) is 11.6 Å². The van der Waals surface area contributed by atoms with Crippen LogP contribution < -0.4 is 0 Å². The Morgan fingerprint density at radius 1 is 1.67 bits per heavy atom. The Morgan fingerprint density at radius 2 is 2.33 bits per heavy atom. The molecule has 0 aliphatic carbocycles. The first-order valence-corrected chi connectivity index (χ1v) is 4.30. The molecule has 1 aliphatic heterocycles. The van der Waals surface area contributed by atoms with Gasteiger partial charge in [-0.05, 0) is 6.42 Å². The van der Waals surface area contributed by atoms with Crippen molar-refractivity contribution in [3.8, 4) is 0 Å². The first-order chi connectivity index (χ1) is 5.65. The molecule has 2 nitrogen and oxygen atoms in total. The van der Waals surface area contributed by atoms with Gasteiger partial charge >= 0.3 is 0 Å². The maximum absolute atomic E-state index is 12.1. The van der Waals surface area contributed by atoms with Gasteiger partial charge in [-0.25, -0.2) is 8.78 Å². The summed E-state index contributed by atoms with van der Waals surface area (Å²) in [7, 11) is 0. The third-order valence-electron chi connectivity index (χ3n) is 2.05. The standard InChI is InChI=1S/C7H10ClF2NO/c8-3-6(12)11-2-1-5(4-11)7(9)10/h5,7H,1-4H2/t5-/m0/s1. The first-order valence-electron chi connectivity index (χ1n) is 3.77. The van der Waals surface area contributed by atoms with Crippen molar-refractivity contribution < 1.29 is 13.6 Å². The van der Waals surface area contributed by atoms with Gasteiger partial charge in [-0.1, -0.05) is 0 Å². The molecule has 0 aromatic rings. The number of hydrogen-bond acceptors (Lipinski definition) is 1. The molecule has 1 saturated heterocycles. The third-order valence-corrected chi connectivity index (χ3v) is 2.28. The number of amides is 1. The number of carbonyl (C=O) groups excluding carboxylic acids is 1. The molecule has 0 radical (unpaired) electrons. The Balaban J connectivity index is 2.40. The van der Waals surface area contributed by atoms with Gasteiger partial charge in [-0.2, -0.15) is 0 Å². The van der Waals surface area contributed by atoms with E-state index in [4.69, 9.17) is 11.6 Å². The molecule has 0 spiro atoms. The van der Waals surface area contributed by atoms with E-state index in [-0.39, 0.29) is 18.3 Å². The fraction of sp³-hybridized carbons (Fsp3) is 0.857. The van der Waals surface area contributed by atoms with E-state index in [1.807, 2.05) is 0 Å². The highest BCUT2D eigenvalue weighted by molar-refractivity contribution is 6.27. The number of alkyl halides is 3. The minimum atomic E-state index is -2.32. The monoisotopic (exact) mass is 197 g/mol. The quantitative estimate of drug-likeness (QED) is 0.612. The van der Waals surface area contributed by atoms with Gasteiger partial charge in [0.15, 0.2) is 0 Å². The molecule has 0 aromatic carbocycles. The molecule has 1 rings (SSSR count). The molecule has 70 valence electrons. The molecule has 0 N–H and O–H groups in total. The zero-order valence-corrected chi connectivity index (χ0v) is 7.23. The Bertz CT molecular complexity index is 177. The molecule has 1 aliphatic rings. The third kappa shape index (κ3) is 2.06. The second-order valence-electron chi connectivity index (χ2n) is 2.86. The summed E-state index contributed by atoms with van der Waals surface area (Å²) < 4.78 is 24.2. The normalized spacial score (nSPS) is 23.7. The van der Waals surface area contributed by atoms with E-state index < -0.39 is 12.3 Å². The second-order valence-corrected chi connectivity index (χ2v) is 3.12. The minimum Gasteiger partial charge on any atom is -0.341 e. The lowest BCUT2D eigenvalue weighted by Crippen LogP contribution is -2.30. The second kappa shape index (κ2) is 4.03. The number of nitrogens with zero attached hydrogens (tertiary/aromatic N) is 1. The first kappa shape index (κ1) is 9.71. The van der Waals surface area contributed by atoms with Gasteiger partial charge in [0.05, 0.1) is 0 Å².